The zero-order valence-electron chi connectivity index (χ0n) is 10.1. The number of nitrogens with zero attached hydrogens (tertiary/aromatic N) is 3. The summed E-state index contributed by atoms with van der Waals surface area (Å²) in [5, 5.41) is 13.9. The zero-order valence-corrected chi connectivity index (χ0v) is 10.1. The van der Waals surface area contributed by atoms with E-state index in [4.69, 9.17) is 0 Å². The van der Waals surface area contributed by atoms with Gasteiger partial charge in [0.25, 0.3) is 0 Å². The molecule has 1 saturated heterocycles. The van der Waals surface area contributed by atoms with Crippen molar-refractivity contribution in [3.63, 3.8) is 0 Å². The third-order valence-electron chi connectivity index (χ3n) is 3.48. The molecule has 0 spiro atoms. The number of aryl methyl sites for hydroxylation is 1. The van der Waals surface area contributed by atoms with E-state index in [0.717, 1.165) is 32.5 Å². The highest BCUT2D eigenvalue weighted by Crippen LogP contribution is 2.17. The largest absolute Gasteiger partial charge is 0.392 e. The van der Waals surface area contributed by atoms with Crippen LogP contribution in [0.3, 0.4) is 0 Å². The number of hydrogen-bond donors (Lipinski definition) is 1. The van der Waals surface area contributed by atoms with Crippen LogP contribution in [-0.2, 0) is 13.5 Å². The first-order chi connectivity index (χ1) is 7.65. The lowest BCUT2D eigenvalue weighted by atomic mass is 9.96. The van der Waals surface area contributed by atoms with Crippen LogP contribution in [-0.4, -0.2) is 45.5 Å². The average molecular weight is 223 g/mol. The van der Waals surface area contributed by atoms with Gasteiger partial charge in [-0.25, -0.2) is 0 Å². The van der Waals surface area contributed by atoms with Crippen molar-refractivity contribution in [1.29, 1.82) is 0 Å². The van der Waals surface area contributed by atoms with E-state index in [0.29, 0.717) is 5.92 Å². The van der Waals surface area contributed by atoms with Gasteiger partial charge in [-0.1, -0.05) is 6.92 Å². The van der Waals surface area contributed by atoms with Crippen molar-refractivity contribution in [2.75, 3.05) is 19.6 Å². The number of piperidine rings is 1. The van der Waals surface area contributed by atoms with E-state index in [1.807, 2.05) is 17.9 Å². The second-order valence-corrected chi connectivity index (χ2v) is 4.91. The van der Waals surface area contributed by atoms with Crippen LogP contribution in [0.25, 0.3) is 0 Å². The number of β-amino-alcohol motifs (C(OH)–C–C–N with tert-alkyl or cyclic N) is 1. The topological polar surface area (TPSA) is 41.3 Å². The highest BCUT2D eigenvalue weighted by Gasteiger charge is 2.23. The third kappa shape index (κ3) is 2.83. The summed E-state index contributed by atoms with van der Waals surface area (Å²) in [6.07, 6.45) is 5.96. The third-order valence-corrected chi connectivity index (χ3v) is 3.48. The maximum Gasteiger partial charge on any atom is 0.0693 e. The Morgan fingerprint density at radius 1 is 1.56 bits per heavy atom. The first kappa shape index (κ1) is 11.6. The van der Waals surface area contributed by atoms with Gasteiger partial charge in [0.05, 0.1) is 12.3 Å². The van der Waals surface area contributed by atoms with E-state index in [1.165, 1.54) is 5.56 Å². The van der Waals surface area contributed by atoms with Crippen LogP contribution in [0, 0.1) is 5.92 Å². The Hall–Kier alpha value is -0.870. The summed E-state index contributed by atoms with van der Waals surface area (Å²) < 4.78 is 1.84. The maximum absolute atomic E-state index is 9.79. The number of aliphatic hydroxyl groups excluding tert-OH is 1. The van der Waals surface area contributed by atoms with E-state index < -0.39 is 0 Å². The molecule has 90 valence electrons. The molecule has 1 aromatic heterocycles. The van der Waals surface area contributed by atoms with Crippen molar-refractivity contribution < 1.29 is 5.11 Å². The summed E-state index contributed by atoms with van der Waals surface area (Å²) in [4.78, 5) is 2.34. The van der Waals surface area contributed by atoms with Gasteiger partial charge in [0.1, 0.15) is 0 Å². The molecule has 1 aliphatic heterocycles. The zero-order chi connectivity index (χ0) is 11.5. The summed E-state index contributed by atoms with van der Waals surface area (Å²) >= 11 is 0. The molecular weight excluding hydrogens is 202 g/mol. The van der Waals surface area contributed by atoms with Gasteiger partial charge >= 0.3 is 0 Å². The molecule has 0 aliphatic carbocycles. The molecule has 0 saturated carbocycles. The first-order valence-electron chi connectivity index (χ1n) is 6.03. The van der Waals surface area contributed by atoms with Gasteiger partial charge in [0.2, 0.25) is 0 Å². The minimum Gasteiger partial charge on any atom is -0.392 e. The summed E-state index contributed by atoms with van der Waals surface area (Å²) in [6.45, 7) is 5.08. The highest BCUT2D eigenvalue weighted by molar-refractivity contribution is 5.04. The molecule has 0 bridgehead atoms. The molecule has 0 radical (unpaired) electrons. The van der Waals surface area contributed by atoms with E-state index >= 15 is 0 Å². The Morgan fingerprint density at radius 3 is 3.00 bits per heavy atom. The predicted octanol–water partition coefficient (Wildman–Crippen LogP) is 0.665. The minimum absolute atomic E-state index is 0.150. The fourth-order valence-electron chi connectivity index (χ4n) is 2.21. The summed E-state index contributed by atoms with van der Waals surface area (Å²) in [5.41, 5.74) is 1.27. The van der Waals surface area contributed by atoms with E-state index in [-0.39, 0.29) is 6.10 Å². The Balaban J connectivity index is 1.78. The molecule has 2 unspecified atom stereocenters. The number of aliphatic hydroxyl groups is 1. The quantitative estimate of drug-likeness (QED) is 0.818. The standard InChI is InChI=1S/C12H21N3O/c1-10-3-5-15(9-12(10)16)6-4-11-7-13-14(2)8-11/h7-8,10,12,16H,3-6,9H2,1-2H3. The number of aromatic nitrogens is 2. The Bertz CT molecular complexity index is 337. The lowest BCUT2D eigenvalue weighted by molar-refractivity contribution is 0.0298. The van der Waals surface area contributed by atoms with Gasteiger partial charge in [0.15, 0.2) is 0 Å². The second-order valence-electron chi connectivity index (χ2n) is 4.91. The fourth-order valence-corrected chi connectivity index (χ4v) is 2.21. The van der Waals surface area contributed by atoms with Crippen molar-refractivity contribution in [3.05, 3.63) is 18.0 Å². The molecule has 1 fully saturated rings. The van der Waals surface area contributed by atoms with Crippen LogP contribution < -0.4 is 0 Å². The van der Waals surface area contributed by atoms with Gasteiger partial charge in [-0.05, 0) is 30.9 Å². The number of likely N-dealkylation sites (tertiary alicyclic amines) is 1. The molecule has 0 aromatic carbocycles. The van der Waals surface area contributed by atoms with Crippen molar-refractivity contribution in [1.82, 2.24) is 14.7 Å². The molecule has 2 atom stereocenters. The van der Waals surface area contributed by atoms with Crippen molar-refractivity contribution in [2.24, 2.45) is 13.0 Å². The van der Waals surface area contributed by atoms with Crippen LogP contribution in [0.5, 0.6) is 0 Å². The molecule has 2 rings (SSSR count). The predicted molar refractivity (Wildman–Crippen MR) is 63.1 cm³/mol. The highest BCUT2D eigenvalue weighted by atomic mass is 16.3. The minimum atomic E-state index is -0.150. The maximum atomic E-state index is 9.79. The van der Waals surface area contributed by atoms with Gasteiger partial charge in [-0.2, -0.15) is 5.10 Å². The normalized spacial score (nSPS) is 27.2. The van der Waals surface area contributed by atoms with Crippen LogP contribution in [0.1, 0.15) is 18.9 Å². The lowest BCUT2D eigenvalue weighted by Gasteiger charge is -2.34. The first-order valence-corrected chi connectivity index (χ1v) is 6.03. The molecule has 0 amide bonds. The number of hydrogen-bond acceptors (Lipinski definition) is 3. The molecule has 2 heterocycles. The average Bonchev–Trinajstić information content (AvgIpc) is 2.66. The van der Waals surface area contributed by atoms with Crippen molar-refractivity contribution >= 4 is 0 Å². The molecule has 1 aliphatic rings. The number of rotatable bonds is 3. The molecule has 16 heavy (non-hydrogen) atoms. The van der Waals surface area contributed by atoms with Crippen molar-refractivity contribution in [2.45, 2.75) is 25.9 Å². The molecule has 4 heteroatoms. The Morgan fingerprint density at radius 2 is 2.38 bits per heavy atom. The van der Waals surface area contributed by atoms with Gasteiger partial charge in [-0.3, -0.25) is 4.68 Å². The van der Waals surface area contributed by atoms with Crippen LogP contribution in [0.15, 0.2) is 12.4 Å². The van der Waals surface area contributed by atoms with Crippen LogP contribution >= 0.6 is 0 Å². The van der Waals surface area contributed by atoms with Gasteiger partial charge in [-0.15, -0.1) is 0 Å². The summed E-state index contributed by atoms with van der Waals surface area (Å²) in [6, 6.07) is 0. The van der Waals surface area contributed by atoms with Gasteiger partial charge < -0.3 is 10.0 Å². The van der Waals surface area contributed by atoms with Crippen LogP contribution in [0.2, 0.25) is 0 Å². The second kappa shape index (κ2) is 4.97. The summed E-state index contributed by atoms with van der Waals surface area (Å²) in [7, 11) is 1.94. The fraction of sp³-hybridized carbons (Fsp3) is 0.750. The monoisotopic (exact) mass is 223 g/mol. The molecular formula is C12H21N3O. The van der Waals surface area contributed by atoms with Crippen molar-refractivity contribution in [3.8, 4) is 0 Å². The smallest absolute Gasteiger partial charge is 0.0693 e. The molecule has 4 nitrogen and oxygen atoms in total. The van der Waals surface area contributed by atoms with E-state index in [2.05, 4.69) is 23.1 Å². The molecule has 1 N–H and O–H groups in total. The lowest BCUT2D eigenvalue weighted by Crippen LogP contribution is -2.43. The summed E-state index contributed by atoms with van der Waals surface area (Å²) in [5.74, 6) is 0.453. The Labute approximate surface area is 96.9 Å². The Kier molecular flexibility index (Phi) is 3.61. The SMILES string of the molecule is CC1CCN(CCc2cnn(C)c2)CC1O. The van der Waals surface area contributed by atoms with Gasteiger partial charge in [0, 0.05) is 26.3 Å². The van der Waals surface area contributed by atoms with Crippen LogP contribution in [0.4, 0.5) is 0 Å². The van der Waals surface area contributed by atoms with E-state index in [1.54, 1.807) is 0 Å². The molecule has 1 aromatic rings. The van der Waals surface area contributed by atoms with E-state index in [9.17, 15) is 5.11 Å².